The zero-order valence-electron chi connectivity index (χ0n) is 11.1. The minimum atomic E-state index is -0.369. The first-order valence-electron chi connectivity index (χ1n) is 6.06. The summed E-state index contributed by atoms with van der Waals surface area (Å²) in [5.74, 6) is -0.275. The van der Waals surface area contributed by atoms with Crippen LogP contribution in [0, 0.1) is 0 Å². The van der Waals surface area contributed by atoms with Crippen molar-refractivity contribution in [1.29, 1.82) is 0 Å². The molecule has 1 amide bonds. The van der Waals surface area contributed by atoms with Crippen LogP contribution in [0.5, 0.6) is 5.75 Å². The second-order valence-electron chi connectivity index (χ2n) is 4.31. The number of benzene rings is 2. The van der Waals surface area contributed by atoms with Gasteiger partial charge >= 0.3 is 0 Å². The first-order chi connectivity index (χ1) is 9.97. The lowest BCUT2D eigenvalue weighted by Gasteiger charge is -2.06. The van der Waals surface area contributed by atoms with Gasteiger partial charge in [0.15, 0.2) is 0 Å². The average molecular weight is 368 g/mol. The van der Waals surface area contributed by atoms with E-state index in [1.807, 2.05) is 0 Å². The predicted octanol–water partition coefficient (Wildman–Crippen LogP) is 3.96. The Morgan fingerprint density at radius 2 is 2.05 bits per heavy atom. The van der Waals surface area contributed by atoms with Gasteiger partial charge in [0.25, 0.3) is 5.91 Å². The molecule has 2 N–H and O–H groups in total. The molecular formula is C15H12BrClN2O2. The standard InChI is InChI=1S/C15H12BrClN2O2/c1-9(13-8-11(16)5-6-14(13)20)18-19-15(21)10-3-2-4-12(17)7-10/h2-8,20H,1H3,(H,19,21)/b18-9+. The SMILES string of the molecule is C/C(=N\NC(=O)c1cccc(Cl)c1)c1cc(Br)ccc1O. The molecular weight excluding hydrogens is 356 g/mol. The largest absolute Gasteiger partial charge is 0.507 e. The van der Waals surface area contributed by atoms with E-state index >= 15 is 0 Å². The Labute approximate surface area is 135 Å². The van der Waals surface area contributed by atoms with Crippen LogP contribution in [0.15, 0.2) is 52.0 Å². The van der Waals surface area contributed by atoms with Crippen molar-refractivity contribution in [3.8, 4) is 5.75 Å². The highest BCUT2D eigenvalue weighted by molar-refractivity contribution is 9.10. The maximum atomic E-state index is 11.9. The third-order valence-electron chi connectivity index (χ3n) is 2.76. The summed E-state index contributed by atoms with van der Waals surface area (Å²) >= 11 is 9.15. The number of hydrogen-bond donors (Lipinski definition) is 2. The summed E-state index contributed by atoms with van der Waals surface area (Å²) in [6.07, 6.45) is 0. The van der Waals surface area contributed by atoms with E-state index in [0.29, 0.717) is 21.9 Å². The minimum absolute atomic E-state index is 0.0939. The quantitative estimate of drug-likeness (QED) is 0.637. The van der Waals surface area contributed by atoms with E-state index in [2.05, 4.69) is 26.5 Å². The van der Waals surface area contributed by atoms with Gasteiger partial charge in [-0.1, -0.05) is 33.6 Å². The minimum Gasteiger partial charge on any atom is -0.507 e. The normalized spacial score (nSPS) is 11.3. The molecule has 0 unspecified atom stereocenters. The number of carbonyl (C=O) groups excluding carboxylic acids is 1. The summed E-state index contributed by atoms with van der Waals surface area (Å²) in [5, 5.41) is 14.3. The molecule has 0 aromatic heterocycles. The van der Waals surface area contributed by atoms with E-state index in [9.17, 15) is 9.90 Å². The van der Waals surface area contributed by atoms with Crippen LogP contribution < -0.4 is 5.43 Å². The lowest BCUT2D eigenvalue weighted by atomic mass is 10.1. The highest BCUT2D eigenvalue weighted by atomic mass is 79.9. The monoisotopic (exact) mass is 366 g/mol. The van der Waals surface area contributed by atoms with E-state index in [0.717, 1.165) is 4.47 Å². The van der Waals surface area contributed by atoms with Gasteiger partial charge in [0, 0.05) is 20.6 Å². The second-order valence-corrected chi connectivity index (χ2v) is 5.66. The fourth-order valence-electron chi connectivity index (χ4n) is 1.69. The number of amides is 1. The number of hydrogen-bond acceptors (Lipinski definition) is 3. The number of phenolic OH excluding ortho intramolecular Hbond substituents is 1. The summed E-state index contributed by atoms with van der Waals surface area (Å²) < 4.78 is 0.811. The molecule has 0 radical (unpaired) electrons. The van der Waals surface area contributed by atoms with Gasteiger partial charge in [-0.2, -0.15) is 5.10 Å². The Kier molecular flexibility index (Phi) is 4.98. The number of halogens is 2. The van der Waals surface area contributed by atoms with Crippen molar-refractivity contribution in [3.63, 3.8) is 0 Å². The molecule has 0 fully saturated rings. The maximum Gasteiger partial charge on any atom is 0.271 e. The van der Waals surface area contributed by atoms with Gasteiger partial charge < -0.3 is 5.11 Å². The smallest absolute Gasteiger partial charge is 0.271 e. The van der Waals surface area contributed by atoms with Crippen LogP contribution in [-0.2, 0) is 0 Å². The van der Waals surface area contributed by atoms with Crippen LogP contribution in [-0.4, -0.2) is 16.7 Å². The van der Waals surface area contributed by atoms with Gasteiger partial charge in [-0.15, -0.1) is 0 Å². The van der Waals surface area contributed by atoms with Crippen molar-refractivity contribution < 1.29 is 9.90 Å². The average Bonchev–Trinajstić information content (AvgIpc) is 2.47. The van der Waals surface area contributed by atoms with Crippen molar-refractivity contribution in [1.82, 2.24) is 5.43 Å². The Morgan fingerprint density at radius 1 is 1.29 bits per heavy atom. The van der Waals surface area contributed by atoms with Crippen LogP contribution in [0.1, 0.15) is 22.8 Å². The first kappa shape index (κ1) is 15.5. The summed E-state index contributed by atoms with van der Waals surface area (Å²) in [6, 6.07) is 11.6. The molecule has 0 aliphatic heterocycles. The maximum absolute atomic E-state index is 11.9. The van der Waals surface area contributed by atoms with E-state index in [1.54, 1.807) is 49.4 Å². The van der Waals surface area contributed by atoms with Crippen molar-refractivity contribution in [2.75, 3.05) is 0 Å². The second kappa shape index (κ2) is 6.74. The topological polar surface area (TPSA) is 61.7 Å². The molecule has 4 nitrogen and oxygen atoms in total. The van der Waals surface area contributed by atoms with Gasteiger partial charge in [-0.05, 0) is 43.3 Å². The predicted molar refractivity (Wildman–Crippen MR) is 86.9 cm³/mol. The van der Waals surface area contributed by atoms with Crippen molar-refractivity contribution in [2.45, 2.75) is 6.92 Å². The Bertz CT molecular complexity index is 717. The van der Waals surface area contributed by atoms with Gasteiger partial charge in [0.05, 0.1) is 5.71 Å². The van der Waals surface area contributed by atoms with E-state index in [1.165, 1.54) is 0 Å². The fraction of sp³-hybridized carbons (Fsp3) is 0.0667. The van der Waals surface area contributed by atoms with Crippen LogP contribution in [0.3, 0.4) is 0 Å². The van der Waals surface area contributed by atoms with Crippen LogP contribution in [0.25, 0.3) is 0 Å². The zero-order valence-corrected chi connectivity index (χ0v) is 13.4. The van der Waals surface area contributed by atoms with Crippen molar-refractivity contribution in [2.24, 2.45) is 5.10 Å². The Balaban J connectivity index is 2.17. The number of phenols is 1. The van der Waals surface area contributed by atoms with E-state index in [4.69, 9.17) is 11.6 Å². The molecule has 2 rings (SSSR count). The summed E-state index contributed by atoms with van der Waals surface area (Å²) in [4.78, 5) is 11.9. The number of hydrazone groups is 1. The van der Waals surface area contributed by atoms with Crippen molar-refractivity contribution in [3.05, 3.63) is 63.1 Å². The zero-order chi connectivity index (χ0) is 15.4. The van der Waals surface area contributed by atoms with Gasteiger partial charge in [0.1, 0.15) is 5.75 Å². The van der Waals surface area contributed by atoms with Gasteiger partial charge in [0.2, 0.25) is 0 Å². The molecule has 21 heavy (non-hydrogen) atoms. The molecule has 0 bridgehead atoms. The molecule has 0 saturated carbocycles. The highest BCUT2D eigenvalue weighted by Gasteiger charge is 2.08. The number of nitrogens with one attached hydrogen (secondary N) is 1. The van der Waals surface area contributed by atoms with Crippen LogP contribution in [0.4, 0.5) is 0 Å². The third-order valence-corrected chi connectivity index (χ3v) is 3.49. The highest BCUT2D eigenvalue weighted by Crippen LogP contribution is 2.22. The summed E-state index contributed by atoms with van der Waals surface area (Å²) in [6.45, 7) is 1.69. The molecule has 108 valence electrons. The molecule has 0 aliphatic carbocycles. The molecule has 0 heterocycles. The number of rotatable bonds is 3. The van der Waals surface area contributed by atoms with Crippen LogP contribution >= 0.6 is 27.5 Å². The number of aromatic hydroxyl groups is 1. The Hall–Kier alpha value is -1.85. The molecule has 0 atom stereocenters. The Morgan fingerprint density at radius 3 is 2.76 bits per heavy atom. The molecule has 6 heteroatoms. The number of carbonyl (C=O) groups is 1. The molecule has 2 aromatic carbocycles. The third kappa shape index (κ3) is 4.06. The molecule has 0 saturated heterocycles. The van der Waals surface area contributed by atoms with Gasteiger partial charge in [-0.3, -0.25) is 4.79 Å². The molecule has 2 aromatic rings. The first-order valence-corrected chi connectivity index (χ1v) is 7.23. The fourth-order valence-corrected chi connectivity index (χ4v) is 2.24. The summed E-state index contributed by atoms with van der Waals surface area (Å²) in [5.41, 5.74) is 3.88. The lowest BCUT2D eigenvalue weighted by molar-refractivity contribution is 0.0955. The summed E-state index contributed by atoms with van der Waals surface area (Å²) in [7, 11) is 0. The van der Waals surface area contributed by atoms with E-state index in [-0.39, 0.29) is 11.7 Å². The van der Waals surface area contributed by atoms with Gasteiger partial charge in [-0.25, -0.2) is 5.43 Å². The number of nitrogens with zero attached hydrogens (tertiary/aromatic N) is 1. The molecule has 0 spiro atoms. The van der Waals surface area contributed by atoms with Crippen molar-refractivity contribution >= 4 is 39.1 Å². The lowest BCUT2D eigenvalue weighted by Crippen LogP contribution is -2.19. The van der Waals surface area contributed by atoms with E-state index < -0.39 is 0 Å². The van der Waals surface area contributed by atoms with Crippen LogP contribution in [0.2, 0.25) is 5.02 Å². The molecule has 0 aliphatic rings.